The van der Waals surface area contributed by atoms with Crippen molar-refractivity contribution in [3.05, 3.63) is 24.3 Å². The van der Waals surface area contributed by atoms with Crippen molar-refractivity contribution >= 4 is 23.3 Å². The lowest BCUT2D eigenvalue weighted by atomic mass is 10.2. The fourth-order valence-corrected chi connectivity index (χ4v) is 1.97. The van der Waals surface area contributed by atoms with Crippen molar-refractivity contribution in [2.24, 2.45) is 0 Å². The van der Waals surface area contributed by atoms with Crippen LogP contribution >= 0.6 is 0 Å². The van der Waals surface area contributed by atoms with E-state index in [1.165, 1.54) is 0 Å². The average molecular weight is 280 g/mol. The molecule has 0 fully saturated rings. The van der Waals surface area contributed by atoms with Gasteiger partial charge in [0.25, 0.3) is 0 Å². The van der Waals surface area contributed by atoms with E-state index in [0.717, 1.165) is 11.4 Å². The van der Waals surface area contributed by atoms with E-state index in [1.54, 1.807) is 9.80 Å². The molecule has 0 amide bonds. The Morgan fingerprint density at radius 1 is 0.850 bits per heavy atom. The summed E-state index contributed by atoms with van der Waals surface area (Å²) in [4.78, 5) is 25.0. The van der Waals surface area contributed by atoms with Crippen molar-refractivity contribution in [3.63, 3.8) is 0 Å². The maximum atomic E-state index is 10.8. The number of nitrogens with zero attached hydrogens (tertiary/aromatic N) is 2. The molecule has 0 radical (unpaired) electrons. The van der Waals surface area contributed by atoms with Gasteiger partial charge in [0.2, 0.25) is 0 Å². The second-order valence-electron chi connectivity index (χ2n) is 4.33. The van der Waals surface area contributed by atoms with Crippen molar-refractivity contribution in [1.82, 2.24) is 0 Å². The highest BCUT2D eigenvalue weighted by Crippen LogP contribution is 2.20. The standard InChI is InChI=1S/C14H20N2O4/c1-3-15(9-13(17)18)11-5-7-12(8-6-11)16(4-2)10-14(19)20/h5-8H,3-4,9-10H2,1-2H3,(H,17,18)(H,19,20). The first-order chi connectivity index (χ1) is 9.47. The van der Waals surface area contributed by atoms with E-state index < -0.39 is 11.9 Å². The summed E-state index contributed by atoms with van der Waals surface area (Å²) in [5.41, 5.74) is 1.62. The molecule has 1 aromatic rings. The normalized spacial score (nSPS) is 10.1. The summed E-state index contributed by atoms with van der Waals surface area (Å²) in [6.07, 6.45) is 0. The summed E-state index contributed by atoms with van der Waals surface area (Å²) in [5, 5.41) is 17.7. The lowest BCUT2D eigenvalue weighted by Gasteiger charge is -2.24. The summed E-state index contributed by atoms with van der Waals surface area (Å²) in [6, 6.07) is 7.25. The molecule has 1 rings (SSSR count). The Kier molecular flexibility index (Phi) is 5.83. The van der Waals surface area contributed by atoms with Gasteiger partial charge in [-0.3, -0.25) is 9.59 Å². The van der Waals surface area contributed by atoms with Crippen LogP contribution in [0.5, 0.6) is 0 Å². The van der Waals surface area contributed by atoms with Gasteiger partial charge in [-0.05, 0) is 38.1 Å². The van der Waals surface area contributed by atoms with Crippen molar-refractivity contribution in [2.75, 3.05) is 36.0 Å². The topological polar surface area (TPSA) is 81.1 Å². The number of hydrogen-bond donors (Lipinski definition) is 2. The molecule has 6 heteroatoms. The minimum atomic E-state index is -0.878. The zero-order valence-electron chi connectivity index (χ0n) is 11.7. The monoisotopic (exact) mass is 280 g/mol. The Balaban J connectivity index is 2.85. The first kappa shape index (κ1) is 15.8. The molecule has 0 atom stereocenters. The summed E-state index contributed by atoms with van der Waals surface area (Å²) >= 11 is 0. The number of hydrogen-bond acceptors (Lipinski definition) is 4. The van der Waals surface area contributed by atoms with Crippen LogP contribution in [0.3, 0.4) is 0 Å². The number of carboxylic acid groups (broad SMARTS) is 2. The van der Waals surface area contributed by atoms with E-state index in [0.29, 0.717) is 13.1 Å². The quantitative estimate of drug-likeness (QED) is 0.751. The largest absolute Gasteiger partial charge is 0.480 e. The minimum Gasteiger partial charge on any atom is -0.480 e. The molecule has 0 bridgehead atoms. The third-order valence-corrected chi connectivity index (χ3v) is 3.00. The molecule has 0 aliphatic rings. The van der Waals surface area contributed by atoms with Crippen LogP contribution in [0, 0.1) is 0 Å². The van der Waals surface area contributed by atoms with Gasteiger partial charge >= 0.3 is 11.9 Å². The van der Waals surface area contributed by atoms with Crippen LogP contribution in [0.2, 0.25) is 0 Å². The molecule has 0 heterocycles. The van der Waals surface area contributed by atoms with Crippen LogP contribution in [-0.4, -0.2) is 48.3 Å². The number of rotatable bonds is 8. The molecule has 110 valence electrons. The maximum Gasteiger partial charge on any atom is 0.323 e. The molecule has 0 aliphatic heterocycles. The zero-order valence-corrected chi connectivity index (χ0v) is 11.7. The fraction of sp³-hybridized carbons (Fsp3) is 0.429. The predicted octanol–water partition coefficient (Wildman–Crippen LogP) is 1.51. The molecule has 20 heavy (non-hydrogen) atoms. The summed E-state index contributed by atoms with van der Waals surface area (Å²) in [7, 11) is 0. The molecule has 0 saturated carbocycles. The zero-order chi connectivity index (χ0) is 15.1. The van der Waals surface area contributed by atoms with Gasteiger partial charge in [-0.2, -0.15) is 0 Å². The first-order valence-corrected chi connectivity index (χ1v) is 6.51. The van der Waals surface area contributed by atoms with E-state index in [9.17, 15) is 9.59 Å². The summed E-state index contributed by atoms with van der Waals surface area (Å²) in [5.74, 6) is -1.76. The van der Waals surface area contributed by atoms with E-state index in [2.05, 4.69) is 0 Å². The number of aliphatic carboxylic acids is 2. The molecule has 0 saturated heterocycles. The number of anilines is 2. The van der Waals surface area contributed by atoms with Crippen LogP contribution in [0.1, 0.15) is 13.8 Å². The molecule has 1 aromatic carbocycles. The fourth-order valence-electron chi connectivity index (χ4n) is 1.97. The lowest BCUT2D eigenvalue weighted by molar-refractivity contribution is -0.136. The van der Waals surface area contributed by atoms with Crippen LogP contribution < -0.4 is 9.80 Å². The van der Waals surface area contributed by atoms with E-state index >= 15 is 0 Å². The van der Waals surface area contributed by atoms with Gasteiger partial charge in [0.05, 0.1) is 0 Å². The summed E-state index contributed by atoms with van der Waals surface area (Å²) in [6.45, 7) is 4.86. The van der Waals surface area contributed by atoms with E-state index in [4.69, 9.17) is 10.2 Å². The number of carboxylic acids is 2. The van der Waals surface area contributed by atoms with Crippen LogP contribution in [0.4, 0.5) is 11.4 Å². The Morgan fingerprint density at radius 3 is 1.35 bits per heavy atom. The van der Waals surface area contributed by atoms with Gasteiger partial charge in [-0.1, -0.05) is 0 Å². The molecular weight excluding hydrogens is 260 g/mol. The maximum absolute atomic E-state index is 10.8. The third-order valence-electron chi connectivity index (χ3n) is 3.00. The van der Waals surface area contributed by atoms with Gasteiger partial charge in [-0.25, -0.2) is 0 Å². The van der Waals surface area contributed by atoms with Gasteiger partial charge in [0.1, 0.15) is 13.1 Å². The molecular formula is C14H20N2O4. The Morgan fingerprint density at radius 2 is 1.15 bits per heavy atom. The SMILES string of the molecule is CCN(CC(=O)O)c1ccc(N(CC)CC(=O)O)cc1. The number of benzene rings is 1. The minimum absolute atomic E-state index is 0.0531. The highest BCUT2D eigenvalue weighted by Gasteiger charge is 2.11. The lowest BCUT2D eigenvalue weighted by Crippen LogP contribution is -2.30. The van der Waals surface area contributed by atoms with Crippen molar-refractivity contribution in [1.29, 1.82) is 0 Å². The van der Waals surface area contributed by atoms with Gasteiger partial charge in [-0.15, -0.1) is 0 Å². The molecule has 0 aliphatic carbocycles. The van der Waals surface area contributed by atoms with E-state index in [1.807, 2.05) is 38.1 Å². The smallest absolute Gasteiger partial charge is 0.323 e. The molecule has 6 nitrogen and oxygen atoms in total. The number of likely N-dealkylation sites (N-methyl/N-ethyl adjacent to an activating group) is 2. The highest BCUT2D eigenvalue weighted by molar-refractivity contribution is 5.75. The van der Waals surface area contributed by atoms with Crippen LogP contribution in [0.15, 0.2) is 24.3 Å². The van der Waals surface area contributed by atoms with Crippen molar-refractivity contribution in [2.45, 2.75) is 13.8 Å². The van der Waals surface area contributed by atoms with Gasteiger partial charge < -0.3 is 20.0 Å². The van der Waals surface area contributed by atoms with E-state index in [-0.39, 0.29) is 13.1 Å². The van der Waals surface area contributed by atoms with Crippen LogP contribution in [0.25, 0.3) is 0 Å². The molecule has 0 aromatic heterocycles. The highest BCUT2D eigenvalue weighted by atomic mass is 16.4. The Hall–Kier alpha value is -2.24. The third kappa shape index (κ3) is 4.46. The van der Waals surface area contributed by atoms with Crippen molar-refractivity contribution < 1.29 is 19.8 Å². The van der Waals surface area contributed by atoms with Crippen molar-refractivity contribution in [3.8, 4) is 0 Å². The average Bonchev–Trinajstić information content (AvgIpc) is 2.42. The number of carbonyl (C=O) groups is 2. The second kappa shape index (κ2) is 7.37. The second-order valence-corrected chi connectivity index (χ2v) is 4.33. The Labute approximate surface area is 118 Å². The predicted molar refractivity (Wildman–Crippen MR) is 77.5 cm³/mol. The van der Waals surface area contributed by atoms with Gasteiger partial charge in [0, 0.05) is 24.5 Å². The summed E-state index contributed by atoms with van der Waals surface area (Å²) < 4.78 is 0. The van der Waals surface area contributed by atoms with Crippen LogP contribution in [-0.2, 0) is 9.59 Å². The first-order valence-electron chi connectivity index (χ1n) is 6.51. The van der Waals surface area contributed by atoms with Gasteiger partial charge in [0.15, 0.2) is 0 Å². The molecule has 0 spiro atoms. The Bertz CT molecular complexity index is 416. The molecule has 2 N–H and O–H groups in total. The molecule has 0 unspecified atom stereocenters.